The lowest BCUT2D eigenvalue weighted by Gasteiger charge is -2.29. The first-order valence-corrected chi connectivity index (χ1v) is 8.81. The van der Waals surface area contributed by atoms with Crippen molar-refractivity contribution in [2.45, 2.75) is 32.7 Å². The Kier molecular flexibility index (Phi) is 4.02. The van der Waals surface area contributed by atoms with Crippen LogP contribution in [-0.4, -0.2) is 23.7 Å². The fourth-order valence-electron chi connectivity index (χ4n) is 4.08. The molecule has 26 heavy (non-hydrogen) atoms. The van der Waals surface area contributed by atoms with Crippen molar-refractivity contribution in [3.05, 3.63) is 64.5 Å². The van der Waals surface area contributed by atoms with Gasteiger partial charge in [-0.2, -0.15) is 5.10 Å². The van der Waals surface area contributed by atoms with Crippen LogP contribution >= 0.6 is 0 Å². The largest absolute Gasteiger partial charge is 0.494 e. The summed E-state index contributed by atoms with van der Waals surface area (Å²) in [7, 11) is 1.44. The predicted molar refractivity (Wildman–Crippen MR) is 97.7 cm³/mol. The zero-order chi connectivity index (χ0) is 18.4. The molecule has 1 amide bonds. The van der Waals surface area contributed by atoms with Crippen LogP contribution in [0.4, 0.5) is 4.39 Å². The molecule has 1 aliphatic heterocycles. The molecule has 1 heterocycles. The van der Waals surface area contributed by atoms with Gasteiger partial charge in [-0.05, 0) is 49.1 Å². The van der Waals surface area contributed by atoms with Gasteiger partial charge in [0.05, 0.1) is 18.9 Å². The summed E-state index contributed by atoms with van der Waals surface area (Å²) in [6.45, 7) is 3.56. The van der Waals surface area contributed by atoms with Gasteiger partial charge in [-0.3, -0.25) is 4.79 Å². The third-order valence-electron chi connectivity index (χ3n) is 5.32. The molecule has 0 bridgehead atoms. The molecule has 2 aromatic rings. The highest BCUT2D eigenvalue weighted by Gasteiger charge is 2.43. The Morgan fingerprint density at radius 1 is 1.27 bits per heavy atom. The van der Waals surface area contributed by atoms with Crippen molar-refractivity contribution in [3.63, 3.8) is 0 Å². The van der Waals surface area contributed by atoms with Gasteiger partial charge in [0, 0.05) is 18.4 Å². The molecule has 134 valence electrons. The van der Waals surface area contributed by atoms with Crippen LogP contribution in [0.25, 0.3) is 0 Å². The molecular formula is C21H21FN2O2. The summed E-state index contributed by atoms with van der Waals surface area (Å²) >= 11 is 0. The molecule has 4 rings (SSSR count). The van der Waals surface area contributed by atoms with E-state index < -0.39 is 5.82 Å². The van der Waals surface area contributed by atoms with Crippen LogP contribution in [0, 0.1) is 18.7 Å². The van der Waals surface area contributed by atoms with Crippen molar-refractivity contribution < 1.29 is 13.9 Å². The Hall–Kier alpha value is -2.69. The minimum absolute atomic E-state index is 0.0704. The number of methoxy groups -OCH3 is 1. The van der Waals surface area contributed by atoms with E-state index in [4.69, 9.17) is 4.74 Å². The molecule has 2 atom stereocenters. The zero-order valence-corrected chi connectivity index (χ0v) is 15.1. The van der Waals surface area contributed by atoms with Crippen molar-refractivity contribution in [3.8, 4) is 5.75 Å². The Morgan fingerprint density at radius 3 is 2.77 bits per heavy atom. The van der Waals surface area contributed by atoms with Crippen LogP contribution in [0.2, 0.25) is 0 Å². The molecule has 0 unspecified atom stereocenters. The number of halogens is 1. The second-order valence-corrected chi connectivity index (χ2v) is 6.99. The van der Waals surface area contributed by atoms with E-state index in [0.29, 0.717) is 0 Å². The van der Waals surface area contributed by atoms with Crippen molar-refractivity contribution in [2.75, 3.05) is 7.11 Å². The van der Waals surface area contributed by atoms with Crippen LogP contribution in [0.15, 0.2) is 41.5 Å². The first-order chi connectivity index (χ1) is 12.5. The molecule has 0 saturated heterocycles. The van der Waals surface area contributed by atoms with E-state index in [0.717, 1.165) is 29.7 Å². The number of hydrogen-bond acceptors (Lipinski definition) is 3. The number of carbonyl (C=O) groups excluding carboxylic acids is 1. The molecule has 0 radical (unpaired) electrons. The summed E-state index contributed by atoms with van der Waals surface area (Å²) in [5, 5.41) is 6.18. The molecule has 4 nitrogen and oxygen atoms in total. The van der Waals surface area contributed by atoms with Gasteiger partial charge in [0.15, 0.2) is 11.6 Å². The molecular weight excluding hydrogens is 330 g/mol. The molecule has 2 aliphatic rings. The number of ether oxygens (including phenoxy) is 1. The normalized spacial score (nSPS) is 21.1. The van der Waals surface area contributed by atoms with Crippen LogP contribution in [-0.2, 0) is 11.2 Å². The fraction of sp³-hybridized carbons (Fsp3) is 0.333. The first kappa shape index (κ1) is 16.8. The molecule has 0 N–H and O–H groups in total. The third kappa shape index (κ3) is 2.59. The lowest BCUT2D eigenvalue weighted by atomic mass is 9.77. The van der Waals surface area contributed by atoms with E-state index in [1.807, 2.05) is 6.07 Å². The molecule has 0 saturated carbocycles. The molecule has 5 heteroatoms. The summed E-state index contributed by atoms with van der Waals surface area (Å²) < 4.78 is 19.3. The Bertz CT molecular complexity index is 922. The first-order valence-electron chi connectivity index (χ1n) is 8.81. The number of aryl methyl sites for hydroxylation is 2. The summed E-state index contributed by atoms with van der Waals surface area (Å²) in [5.74, 6) is -0.288. The van der Waals surface area contributed by atoms with Gasteiger partial charge in [0.1, 0.15) is 0 Å². The number of rotatable bonds is 2. The van der Waals surface area contributed by atoms with Gasteiger partial charge in [0.25, 0.3) is 0 Å². The van der Waals surface area contributed by atoms with Crippen molar-refractivity contribution in [1.29, 1.82) is 0 Å². The minimum Gasteiger partial charge on any atom is -0.494 e. The van der Waals surface area contributed by atoms with E-state index in [2.05, 4.69) is 30.2 Å². The van der Waals surface area contributed by atoms with E-state index in [1.165, 1.54) is 36.2 Å². The number of fused-ring (bicyclic) bond motifs is 3. The lowest BCUT2D eigenvalue weighted by molar-refractivity contribution is -0.131. The van der Waals surface area contributed by atoms with E-state index in [9.17, 15) is 9.18 Å². The van der Waals surface area contributed by atoms with Crippen molar-refractivity contribution >= 4 is 11.6 Å². The Balaban J connectivity index is 1.80. The fourth-order valence-corrected chi connectivity index (χ4v) is 4.08. The van der Waals surface area contributed by atoms with Crippen LogP contribution < -0.4 is 4.74 Å². The summed E-state index contributed by atoms with van der Waals surface area (Å²) in [6.07, 6.45) is 1.82. The quantitative estimate of drug-likeness (QED) is 0.820. The van der Waals surface area contributed by atoms with Crippen molar-refractivity contribution in [2.24, 2.45) is 11.0 Å². The maximum absolute atomic E-state index is 14.3. The van der Waals surface area contributed by atoms with Crippen LogP contribution in [0.3, 0.4) is 0 Å². The van der Waals surface area contributed by atoms with Gasteiger partial charge in [-0.1, -0.05) is 23.8 Å². The lowest BCUT2D eigenvalue weighted by Crippen LogP contribution is -2.31. The Morgan fingerprint density at radius 2 is 2.08 bits per heavy atom. The Labute approximate surface area is 152 Å². The highest BCUT2D eigenvalue weighted by molar-refractivity contribution is 6.06. The monoisotopic (exact) mass is 351 g/mol. The number of nitrogens with zero attached hydrogens (tertiary/aromatic N) is 2. The zero-order valence-electron chi connectivity index (χ0n) is 15.1. The summed E-state index contributed by atoms with van der Waals surface area (Å²) in [4.78, 5) is 12.3. The van der Waals surface area contributed by atoms with Gasteiger partial charge in [-0.15, -0.1) is 0 Å². The number of hydrogen-bond donors (Lipinski definition) is 0. The summed E-state index contributed by atoms with van der Waals surface area (Å²) in [5.41, 5.74) is 5.23. The average Bonchev–Trinajstić information content (AvgIpc) is 3.02. The van der Waals surface area contributed by atoms with E-state index >= 15 is 0 Å². The number of carbonyl (C=O) groups is 1. The second kappa shape index (κ2) is 6.24. The van der Waals surface area contributed by atoms with Gasteiger partial charge < -0.3 is 4.74 Å². The number of amides is 1. The smallest absolute Gasteiger partial charge is 0.240 e. The third-order valence-corrected chi connectivity index (χ3v) is 5.32. The molecule has 0 fully saturated rings. The number of benzene rings is 2. The van der Waals surface area contributed by atoms with Crippen LogP contribution in [0.1, 0.15) is 41.6 Å². The van der Waals surface area contributed by atoms with E-state index in [-0.39, 0.29) is 23.6 Å². The molecule has 0 spiro atoms. The van der Waals surface area contributed by atoms with Gasteiger partial charge in [0.2, 0.25) is 5.91 Å². The number of hydrazone groups is 1. The van der Waals surface area contributed by atoms with Crippen molar-refractivity contribution in [1.82, 2.24) is 5.01 Å². The second-order valence-electron chi connectivity index (χ2n) is 6.99. The highest BCUT2D eigenvalue weighted by Crippen LogP contribution is 2.44. The SMILES string of the molecule is COc1ccc([C@@H]2[C@@H]3CCc4ccc(C)cc4C3=NN2C(C)=O)cc1[18F]. The molecule has 2 aromatic carbocycles. The molecule has 1 aliphatic carbocycles. The summed E-state index contributed by atoms with van der Waals surface area (Å²) in [6, 6.07) is 11.0. The van der Waals surface area contributed by atoms with E-state index in [1.54, 1.807) is 6.07 Å². The average molecular weight is 351 g/mol. The standard InChI is InChI=1S/C21H21FN2O2/c1-12-4-5-14-6-8-16-20(17(14)10-12)23-24(13(2)25)21(16)15-7-9-19(26-3)18(22)11-15/h4-5,7,9-11,16,21H,6,8H2,1-3H3/t16-,21-/m1/s1/i22-1. The predicted octanol–water partition coefficient (Wildman–Crippen LogP) is 4.01. The minimum atomic E-state index is -0.422. The topological polar surface area (TPSA) is 41.9 Å². The maximum atomic E-state index is 14.3. The maximum Gasteiger partial charge on any atom is 0.240 e. The molecule has 0 aromatic heterocycles. The highest BCUT2D eigenvalue weighted by atomic mass is 18.2. The van der Waals surface area contributed by atoms with Gasteiger partial charge >= 0.3 is 0 Å². The van der Waals surface area contributed by atoms with Gasteiger partial charge in [-0.25, -0.2) is 9.40 Å². The van der Waals surface area contributed by atoms with Crippen LogP contribution in [0.5, 0.6) is 5.75 Å².